The Morgan fingerprint density at radius 2 is 1.91 bits per heavy atom. The molecule has 0 bridgehead atoms. The normalized spacial score (nSPS) is 10.5. The Bertz CT molecular complexity index is 611. The highest BCUT2D eigenvalue weighted by atomic mass is 16.5. The highest BCUT2D eigenvalue weighted by Crippen LogP contribution is 2.16. The summed E-state index contributed by atoms with van der Waals surface area (Å²) in [4.78, 5) is 11.9. The summed E-state index contributed by atoms with van der Waals surface area (Å²) in [5, 5.41) is 11.9. The molecule has 0 spiro atoms. The largest absolute Gasteiger partial charge is 0.392 e. The van der Waals surface area contributed by atoms with E-state index in [-0.39, 0.29) is 19.1 Å². The molecule has 0 aliphatic heterocycles. The predicted molar refractivity (Wildman–Crippen MR) is 86.7 cm³/mol. The number of carbonyl (C=O) groups is 1. The first-order valence-corrected chi connectivity index (χ1v) is 7.31. The van der Waals surface area contributed by atoms with Crippen molar-refractivity contribution in [1.29, 1.82) is 0 Å². The minimum Gasteiger partial charge on any atom is -0.392 e. The second-order valence-electron chi connectivity index (χ2n) is 5.14. The zero-order chi connectivity index (χ0) is 15.8. The fraction of sp³-hybridized carbons (Fsp3) is 0.278. The van der Waals surface area contributed by atoms with Crippen molar-refractivity contribution in [3.63, 3.8) is 0 Å². The van der Waals surface area contributed by atoms with Crippen molar-refractivity contribution in [2.45, 2.75) is 20.0 Å². The molecule has 0 saturated heterocycles. The third-order valence-corrected chi connectivity index (χ3v) is 3.37. The number of benzene rings is 2. The highest BCUT2D eigenvalue weighted by Gasteiger charge is 2.06. The molecule has 0 aliphatic rings. The Balaban J connectivity index is 1.76. The van der Waals surface area contributed by atoms with Crippen LogP contribution in [0.5, 0.6) is 0 Å². The van der Waals surface area contributed by atoms with Gasteiger partial charge < -0.3 is 15.2 Å². The zero-order valence-corrected chi connectivity index (χ0v) is 12.7. The highest BCUT2D eigenvalue weighted by molar-refractivity contribution is 5.92. The van der Waals surface area contributed by atoms with Gasteiger partial charge in [0.2, 0.25) is 5.91 Å². The summed E-state index contributed by atoms with van der Waals surface area (Å²) in [7, 11) is 0. The number of aryl methyl sites for hydroxylation is 1. The van der Waals surface area contributed by atoms with Crippen molar-refractivity contribution >= 4 is 11.6 Å². The number of ether oxygens (including phenoxy) is 1. The van der Waals surface area contributed by atoms with E-state index in [9.17, 15) is 4.79 Å². The average Bonchev–Trinajstić information content (AvgIpc) is 2.54. The fourth-order valence-corrected chi connectivity index (χ4v) is 2.09. The van der Waals surface area contributed by atoms with Crippen LogP contribution >= 0.6 is 0 Å². The van der Waals surface area contributed by atoms with Crippen LogP contribution in [0.2, 0.25) is 0 Å². The van der Waals surface area contributed by atoms with Gasteiger partial charge in [-0.1, -0.05) is 42.5 Å². The van der Waals surface area contributed by atoms with Crippen LogP contribution in [0.4, 0.5) is 5.69 Å². The molecule has 0 saturated carbocycles. The smallest absolute Gasteiger partial charge is 0.250 e. The van der Waals surface area contributed by atoms with Crippen molar-refractivity contribution in [1.82, 2.24) is 0 Å². The van der Waals surface area contributed by atoms with E-state index in [1.165, 1.54) is 5.56 Å². The number of hydrogen-bond donors (Lipinski definition) is 2. The van der Waals surface area contributed by atoms with Gasteiger partial charge in [0.15, 0.2) is 0 Å². The molecule has 2 N–H and O–H groups in total. The van der Waals surface area contributed by atoms with E-state index >= 15 is 0 Å². The van der Waals surface area contributed by atoms with Gasteiger partial charge in [0, 0.05) is 5.69 Å². The van der Waals surface area contributed by atoms with Crippen LogP contribution in [0.3, 0.4) is 0 Å². The number of aliphatic hydroxyl groups is 1. The number of rotatable bonds is 7. The molecular formula is C18H21NO3. The quantitative estimate of drug-likeness (QED) is 0.773. The molecule has 0 aromatic heterocycles. The van der Waals surface area contributed by atoms with E-state index in [0.29, 0.717) is 12.3 Å². The van der Waals surface area contributed by atoms with Gasteiger partial charge in [-0.15, -0.1) is 0 Å². The van der Waals surface area contributed by atoms with Gasteiger partial charge in [-0.25, -0.2) is 0 Å². The Hall–Kier alpha value is -2.17. The molecule has 2 rings (SSSR count). The van der Waals surface area contributed by atoms with Crippen LogP contribution in [0, 0.1) is 6.92 Å². The molecule has 22 heavy (non-hydrogen) atoms. The minimum atomic E-state index is -0.189. The molecule has 4 nitrogen and oxygen atoms in total. The monoisotopic (exact) mass is 299 g/mol. The van der Waals surface area contributed by atoms with Crippen molar-refractivity contribution in [2.75, 3.05) is 18.5 Å². The van der Waals surface area contributed by atoms with Gasteiger partial charge in [-0.3, -0.25) is 4.79 Å². The van der Waals surface area contributed by atoms with E-state index in [0.717, 1.165) is 17.5 Å². The summed E-state index contributed by atoms with van der Waals surface area (Å²) in [6.07, 6.45) is 0.785. The lowest BCUT2D eigenvalue weighted by atomic mass is 10.1. The maximum Gasteiger partial charge on any atom is 0.250 e. The summed E-state index contributed by atoms with van der Waals surface area (Å²) in [6.45, 7) is 2.40. The molecule has 0 fully saturated rings. The SMILES string of the molecule is Cc1ccc(CO)cc1NC(=O)COCCc1ccccc1. The van der Waals surface area contributed by atoms with E-state index in [4.69, 9.17) is 9.84 Å². The summed E-state index contributed by atoms with van der Waals surface area (Å²) in [5.74, 6) is -0.189. The van der Waals surface area contributed by atoms with Crippen LogP contribution in [-0.2, 0) is 22.6 Å². The van der Waals surface area contributed by atoms with Gasteiger partial charge in [0.05, 0.1) is 13.2 Å². The van der Waals surface area contributed by atoms with E-state index in [2.05, 4.69) is 5.32 Å². The molecule has 2 aromatic rings. The first kappa shape index (κ1) is 16.2. The number of amides is 1. The average molecular weight is 299 g/mol. The molecule has 2 aromatic carbocycles. The minimum absolute atomic E-state index is 0.0234. The lowest BCUT2D eigenvalue weighted by molar-refractivity contribution is -0.120. The molecule has 0 aliphatic carbocycles. The lowest BCUT2D eigenvalue weighted by Gasteiger charge is -2.10. The molecule has 0 unspecified atom stereocenters. The van der Waals surface area contributed by atoms with Gasteiger partial charge in [0.25, 0.3) is 0 Å². The van der Waals surface area contributed by atoms with E-state index in [1.54, 1.807) is 6.07 Å². The van der Waals surface area contributed by atoms with Gasteiger partial charge in [0.1, 0.15) is 6.61 Å². The van der Waals surface area contributed by atoms with Crippen molar-refractivity contribution in [3.8, 4) is 0 Å². The Labute approximate surface area is 130 Å². The first-order valence-electron chi connectivity index (χ1n) is 7.31. The molecule has 0 radical (unpaired) electrons. The summed E-state index contributed by atoms with van der Waals surface area (Å²) in [5.41, 5.74) is 3.62. The third-order valence-electron chi connectivity index (χ3n) is 3.37. The molecular weight excluding hydrogens is 278 g/mol. The molecule has 116 valence electrons. The van der Waals surface area contributed by atoms with Crippen LogP contribution in [0.25, 0.3) is 0 Å². The van der Waals surface area contributed by atoms with Gasteiger partial charge in [-0.05, 0) is 36.1 Å². The number of nitrogens with one attached hydrogen (secondary N) is 1. The zero-order valence-electron chi connectivity index (χ0n) is 12.7. The topological polar surface area (TPSA) is 58.6 Å². The van der Waals surface area contributed by atoms with Crippen LogP contribution in [-0.4, -0.2) is 24.2 Å². The summed E-state index contributed by atoms with van der Waals surface area (Å²) < 4.78 is 5.41. The first-order chi connectivity index (χ1) is 10.7. The molecule has 0 heterocycles. The third kappa shape index (κ3) is 4.98. The lowest BCUT2D eigenvalue weighted by Crippen LogP contribution is -2.19. The Morgan fingerprint density at radius 3 is 2.64 bits per heavy atom. The number of aliphatic hydroxyl groups excluding tert-OH is 1. The number of anilines is 1. The van der Waals surface area contributed by atoms with Gasteiger partial charge >= 0.3 is 0 Å². The molecule has 4 heteroatoms. The maximum absolute atomic E-state index is 11.9. The van der Waals surface area contributed by atoms with E-state index in [1.807, 2.05) is 49.4 Å². The summed E-state index contributed by atoms with van der Waals surface area (Å²) in [6, 6.07) is 15.5. The number of hydrogen-bond acceptors (Lipinski definition) is 3. The van der Waals surface area contributed by atoms with Crippen LogP contribution in [0.1, 0.15) is 16.7 Å². The predicted octanol–water partition coefficient (Wildman–Crippen LogP) is 2.69. The second-order valence-corrected chi connectivity index (χ2v) is 5.14. The standard InChI is InChI=1S/C18H21NO3/c1-14-7-8-16(12-20)11-17(14)19-18(21)13-22-10-9-15-5-3-2-4-6-15/h2-8,11,20H,9-10,12-13H2,1H3,(H,19,21). The van der Waals surface area contributed by atoms with Crippen LogP contribution < -0.4 is 5.32 Å². The summed E-state index contributed by atoms with van der Waals surface area (Å²) >= 11 is 0. The van der Waals surface area contributed by atoms with Crippen molar-refractivity contribution in [3.05, 3.63) is 65.2 Å². The fourth-order valence-electron chi connectivity index (χ4n) is 2.09. The van der Waals surface area contributed by atoms with Crippen LogP contribution in [0.15, 0.2) is 48.5 Å². The Kier molecular flexibility index (Phi) is 6.13. The Morgan fingerprint density at radius 1 is 1.14 bits per heavy atom. The molecule has 0 atom stereocenters. The maximum atomic E-state index is 11.9. The number of carbonyl (C=O) groups excluding carboxylic acids is 1. The van der Waals surface area contributed by atoms with Gasteiger partial charge in [-0.2, -0.15) is 0 Å². The van der Waals surface area contributed by atoms with Crippen molar-refractivity contribution < 1.29 is 14.6 Å². The van der Waals surface area contributed by atoms with E-state index < -0.39 is 0 Å². The van der Waals surface area contributed by atoms with Crippen molar-refractivity contribution in [2.24, 2.45) is 0 Å². The molecule has 1 amide bonds. The second kappa shape index (κ2) is 8.32.